The molecule has 0 aromatic heterocycles. The van der Waals surface area contributed by atoms with E-state index in [2.05, 4.69) is 24.3 Å². The fourth-order valence-electron chi connectivity index (χ4n) is 2.31. The predicted molar refractivity (Wildman–Crippen MR) is 57.0 cm³/mol. The SMILES string of the molecule is N[C@]1(CO)CC[C@@H](c2ccccc2)C1. The van der Waals surface area contributed by atoms with Crippen LogP contribution in [0.15, 0.2) is 30.3 Å². The van der Waals surface area contributed by atoms with Crippen LogP contribution in [-0.2, 0) is 0 Å². The van der Waals surface area contributed by atoms with Crippen LogP contribution in [0.3, 0.4) is 0 Å². The second-order valence-electron chi connectivity index (χ2n) is 4.37. The fourth-order valence-corrected chi connectivity index (χ4v) is 2.31. The second-order valence-corrected chi connectivity index (χ2v) is 4.37. The minimum Gasteiger partial charge on any atom is -0.394 e. The Morgan fingerprint density at radius 2 is 2.07 bits per heavy atom. The Bertz CT molecular complexity index is 298. The van der Waals surface area contributed by atoms with Crippen LogP contribution in [0, 0.1) is 0 Å². The lowest BCUT2D eigenvalue weighted by Crippen LogP contribution is -2.40. The lowest BCUT2D eigenvalue weighted by Gasteiger charge is -2.20. The van der Waals surface area contributed by atoms with Crippen molar-refractivity contribution in [2.24, 2.45) is 5.73 Å². The molecule has 0 spiro atoms. The van der Waals surface area contributed by atoms with Crippen LogP contribution in [0.4, 0.5) is 0 Å². The smallest absolute Gasteiger partial charge is 0.0611 e. The maximum absolute atomic E-state index is 9.16. The third-order valence-electron chi connectivity index (χ3n) is 3.23. The van der Waals surface area contributed by atoms with Crippen molar-refractivity contribution in [3.63, 3.8) is 0 Å². The van der Waals surface area contributed by atoms with E-state index in [1.807, 2.05) is 6.07 Å². The molecule has 1 aliphatic rings. The van der Waals surface area contributed by atoms with Crippen molar-refractivity contribution in [1.82, 2.24) is 0 Å². The molecular weight excluding hydrogens is 174 g/mol. The van der Waals surface area contributed by atoms with E-state index in [1.54, 1.807) is 0 Å². The Morgan fingerprint density at radius 1 is 1.36 bits per heavy atom. The maximum Gasteiger partial charge on any atom is 0.0611 e. The third-order valence-corrected chi connectivity index (χ3v) is 3.23. The molecule has 0 bridgehead atoms. The summed E-state index contributed by atoms with van der Waals surface area (Å²) in [5.41, 5.74) is 7.06. The van der Waals surface area contributed by atoms with Crippen LogP contribution in [0.1, 0.15) is 30.7 Å². The molecule has 1 aromatic rings. The summed E-state index contributed by atoms with van der Waals surface area (Å²) in [5.74, 6) is 0.536. The molecule has 76 valence electrons. The highest BCUT2D eigenvalue weighted by molar-refractivity contribution is 5.22. The average Bonchev–Trinajstić information content (AvgIpc) is 2.63. The quantitative estimate of drug-likeness (QED) is 0.746. The van der Waals surface area contributed by atoms with Crippen molar-refractivity contribution >= 4 is 0 Å². The van der Waals surface area contributed by atoms with E-state index in [4.69, 9.17) is 10.8 Å². The Balaban J connectivity index is 2.10. The lowest BCUT2D eigenvalue weighted by atomic mass is 9.94. The number of aliphatic hydroxyl groups is 1. The van der Waals surface area contributed by atoms with E-state index in [-0.39, 0.29) is 12.1 Å². The van der Waals surface area contributed by atoms with Gasteiger partial charge in [-0.25, -0.2) is 0 Å². The van der Waals surface area contributed by atoms with E-state index in [0.29, 0.717) is 5.92 Å². The van der Waals surface area contributed by atoms with E-state index in [9.17, 15) is 0 Å². The molecule has 1 aromatic carbocycles. The maximum atomic E-state index is 9.16. The first kappa shape index (κ1) is 9.69. The predicted octanol–water partition coefficient (Wildman–Crippen LogP) is 1.64. The standard InChI is InChI=1S/C12H17NO/c13-12(9-14)7-6-11(8-12)10-4-2-1-3-5-10/h1-5,11,14H,6-9,13H2/t11-,12-/m1/s1. The molecule has 0 heterocycles. The summed E-state index contributed by atoms with van der Waals surface area (Å²) >= 11 is 0. The van der Waals surface area contributed by atoms with Gasteiger partial charge < -0.3 is 10.8 Å². The van der Waals surface area contributed by atoms with E-state index >= 15 is 0 Å². The molecule has 0 saturated heterocycles. The van der Waals surface area contributed by atoms with Crippen molar-refractivity contribution in [1.29, 1.82) is 0 Å². The van der Waals surface area contributed by atoms with Gasteiger partial charge in [-0.1, -0.05) is 30.3 Å². The zero-order valence-electron chi connectivity index (χ0n) is 8.32. The van der Waals surface area contributed by atoms with E-state index in [0.717, 1.165) is 19.3 Å². The average molecular weight is 191 g/mol. The molecule has 2 heteroatoms. The normalized spacial score (nSPS) is 32.0. The Morgan fingerprint density at radius 3 is 2.64 bits per heavy atom. The Kier molecular flexibility index (Phi) is 2.57. The van der Waals surface area contributed by atoms with Crippen molar-refractivity contribution < 1.29 is 5.11 Å². The Hall–Kier alpha value is -0.860. The van der Waals surface area contributed by atoms with Crippen LogP contribution in [0.5, 0.6) is 0 Å². The van der Waals surface area contributed by atoms with Gasteiger partial charge in [0.25, 0.3) is 0 Å². The van der Waals surface area contributed by atoms with Crippen LogP contribution < -0.4 is 5.73 Å². The summed E-state index contributed by atoms with van der Waals surface area (Å²) in [6.45, 7) is 0.107. The van der Waals surface area contributed by atoms with Gasteiger partial charge in [0.2, 0.25) is 0 Å². The summed E-state index contributed by atoms with van der Waals surface area (Å²) in [7, 11) is 0. The number of hydrogen-bond donors (Lipinski definition) is 2. The van der Waals surface area contributed by atoms with Crippen molar-refractivity contribution in [2.45, 2.75) is 30.7 Å². The zero-order valence-corrected chi connectivity index (χ0v) is 8.32. The molecule has 1 aliphatic carbocycles. The second kappa shape index (κ2) is 3.71. The van der Waals surface area contributed by atoms with Crippen molar-refractivity contribution in [3.05, 3.63) is 35.9 Å². The molecule has 0 unspecified atom stereocenters. The number of rotatable bonds is 2. The van der Waals surface area contributed by atoms with Gasteiger partial charge in [0, 0.05) is 5.54 Å². The molecule has 0 radical (unpaired) electrons. The highest BCUT2D eigenvalue weighted by atomic mass is 16.3. The molecule has 0 aliphatic heterocycles. The minimum absolute atomic E-state index is 0.107. The molecular formula is C12H17NO. The van der Waals surface area contributed by atoms with Gasteiger partial charge >= 0.3 is 0 Å². The number of nitrogens with two attached hydrogens (primary N) is 1. The van der Waals surface area contributed by atoms with Gasteiger partial charge in [-0.15, -0.1) is 0 Å². The summed E-state index contributed by atoms with van der Waals surface area (Å²) < 4.78 is 0. The number of benzene rings is 1. The topological polar surface area (TPSA) is 46.2 Å². The van der Waals surface area contributed by atoms with Gasteiger partial charge in [-0.3, -0.25) is 0 Å². The van der Waals surface area contributed by atoms with Crippen LogP contribution in [0.25, 0.3) is 0 Å². The first-order valence-corrected chi connectivity index (χ1v) is 5.18. The highest BCUT2D eigenvalue weighted by Crippen LogP contribution is 2.39. The van der Waals surface area contributed by atoms with Gasteiger partial charge in [0.1, 0.15) is 0 Å². The van der Waals surface area contributed by atoms with Crippen molar-refractivity contribution in [2.75, 3.05) is 6.61 Å². The van der Waals surface area contributed by atoms with Crippen LogP contribution in [0.2, 0.25) is 0 Å². The molecule has 1 saturated carbocycles. The first-order chi connectivity index (χ1) is 6.73. The molecule has 3 N–H and O–H groups in total. The van der Waals surface area contributed by atoms with E-state index in [1.165, 1.54) is 5.56 Å². The summed E-state index contributed by atoms with van der Waals surface area (Å²) in [5, 5.41) is 9.16. The van der Waals surface area contributed by atoms with E-state index < -0.39 is 0 Å². The summed E-state index contributed by atoms with van der Waals surface area (Å²) in [6, 6.07) is 10.4. The summed E-state index contributed by atoms with van der Waals surface area (Å²) in [6.07, 6.45) is 2.94. The van der Waals surface area contributed by atoms with Gasteiger partial charge in [-0.2, -0.15) is 0 Å². The fraction of sp³-hybridized carbons (Fsp3) is 0.500. The Labute approximate surface area is 84.7 Å². The highest BCUT2D eigenvalue weighted by Gasteiger charge is 2.35. The van der Waals surface area contributed by atoms with Gasteiger partial charge in [0.05, 0.1) is 6.61 Å². The number of hydrogen-bond acceptors (Lipinski definition) is 2. The third kappa shape index (κ3) is 1.81. The minimum atomic E-state index is -0.333. The molecule has 2 nitrogen and oxygen atoms in total. The lowest BCUT2D eigenvalue weighted by molar-refractivity contribution is 0.198. The number of aliphatic hydroxyl groups excluding tert-OH is 1. The van der Waals surface area contributed by atoms with Gasteiger partial charge in [0.15, 0.2) is 0 Å². The molecule has 2 rings (SSSR count). The van der Waals surface area contributed by atoms with Gasteiger partial charge in [-0.05, 0) is 30.7 Å². The van der Waals surface area contributed by atoms with Crippen LogP contribution in [-0.4, -0.2) is 17.3 Å². The van der Waals surface area contributed by atoms with Crippen molar-refractivity contribution in [3.8, 4) is 0 Å². The molecule has 0 amide bonds. The monoisotopic (exact) mass is 191 g/mol. The summed E-state index contributed by atoms with van der Waals surface area (Å²) in [4.78, 5) is 0. The van der Waals surface area contributed by atoms with Crippen LogP contribution >= 0.6 is 0 Å². The molecule has 2 atom stereocenters. The zero-order chi connectivity index (χ0) is 10.0. The first-order valence-electron chi connectivity index (χ1n) is 5.18. The largest absolute Gasteiger partial charge is 0.394 e. The molecule has 1 fully saturated rings. The molecule has 14 heavy (non-hydrogen) atoms.